The molecule has 1 N–H and O–H groups in total. The molecule has 2 aliphatic carbocycles. The van der Waals surface area contributed by atoms with E-state index >= 15 is 0 Å². The largest absolute Gasteiger partial charge is 0.383 e. The van der Waals surface area contributed by atoms with Gasteiger partial charge in [0.2, 0.25) is 0 Å². The maximum absolute atomic E-state index is 5.06. The van der Waals surface area contributed by atoms with Crippen LogP contribution in [0.3, 0.4) is 0 Å². The molecule has 0 aromatic rings. The lowest BCUT2D eigenvalue weighted by Crippen LogP contribution is -2.30. The number of ether oxygens (including phenoxy) is 1. The molecular weight excluding hydrogens is 198 g/mol. The molecule has 4 atom stereocenters. The smallest absolute Gasteiger partial charge is 0.0587 e. The van der Waals surface area contributed by atoms with E-state index in [-0.39, 0.29) is 0 Å². The Hall–Kier alpha value is -0.0800. The molecule has 0 amide bonds. The van der Waals surface area contributed by atoms with Crippen LogP contribution < -0.4 is 5.32 Å². The van der Waals surface area contributed by atoms with Crippen molar-refractivity contribution in [1.82, 2.24) is 5.32 Å². The highest BCUT2D eigenvalue weighted by molar-refractivity contribution is 5.08. The zero-order chi connectivity index (χ0) is 11.6. The molecule has 2 fully saturated rings. The standard InChI is InChI=1S/C14H27NO/c1-11-5-4-6-14(12(11)2)9-13(14)10-15-7-8-16-3/h11-13,15H,4-10H2,1-3H3. The van der Waals surface area contributed by atoms with E-state index in [1.807, 2.05) is 0 Å². The van der Waals surface area contributed by atoms with Gasteiger partial charge >= 0.3 is 0 Å². The first-order valence-corrected chi connectivity index (χ1v) is 6.90. The molecule has 0 aliphatic heterocycles. The van der Waals surface area contributed by atoms with Crippen LogP contribution in [-0.2, 0) is 4.74 Å². The summed E-state index contributed by atoms with van der Waals surface area (Å²) < 4.78 is 5.06. The lowest BCUT2D eigenvalue weighted by atomic mass is 9.70. The van der Waals surface area contributed by atoms with Crippen molar-refractivity contribution in [1.29, 1.82) is 0 Å². The SMILES string of the molecule is COCCNCC1CC12CCCC(C)C2C. The highest BCUT2D eigenvalue weighted by Gasteiger charge is 2.58. The molecule has 2 saturated carbocycles. The van der Waals surface area contributed by atoms with Gasteiger partial charge in [-0.15, -0.1) is 0 Å². The summed E-state index contributed by atoms with van der Waals surface area (Å²) in [5.74, 6) is 2.83. The van der Waals surface area contributed by atoms with E-state index in [9.17, 15) is 0 Å². The van der Waals surface area contributed by atoms with Crippen molar-refractivity contribution in [2.45, 2.75) is 39.5 Å². The third kappa shape index (κ3) is 2.28. The van der Waals surface area contributed by atoms with Crippen LogP contribution in [0.15, 0.2) is 0 Å². The minimum absolute atomic E-state index is 0.720. The molecular formula is C14H27NO. The number of nitrogens with one attached hydrogen (secondary N) is 1. The van der Waals surface area contributed by atoms with Crippen molar-refractivity contribution < 1.29 is 4.74 Å². The maximum atomic E-state index is 5.06. The van der Waals surface area contributed by atoms with Crippen LogP contribution in [0, 0.1) is 23.2 Å². The Labute approximate surface area is 100 Å². The molecule has 0 saturated heterocycles. The van der Waals surface area contributed by atoms with E-state index in [1.54, 1.807) is 7.11 Å². The van der Waals surface area contributed by atoms with E-state index in [2.05, 4.69) is 19.2 Å². The van der Waals surface area contributed by atoms with Crippen molar-refractivity contribution >= 4 is 0 Å². The van der Waals surface area contributed by atoms with E-state index < -0.39 is 0 Å². The second-order valence-electron chi connectivity index (χ2n) is 5.99. The average molecular weight is 225 g/mol. The normalized spacial score (nSPS) is 42.6. The Morgan fingerprint density at radius 1 is 1.38 bits per heavy atom. The van der Waals surface area contributed by atoms with Gasteiger partial charge in [0.15, 0.2) is 0 Å². The third-order valence-corrected chi connectivity index (χ3v) is 5.22. The molecule has 1 spiro atoms. The zero-order valence-corrected chi connectivity index (χ0v) is 11.1. The van der Waals surface area contributed by atoms with Gasteiger partial charge in [-0.05, 0) is 42.6 Å². The Kier molecular flexibility index (Phi) is 3.91. The number of hydrogen-bond acceptors (Lipinski definition) is 2. The van der Waals surface area contributed by atoms with Crippen LogP contribution >= 0.6 is 0 Å². The van der Waals surface area contributed by atoms with Crippen LogP contribution in [0.4, 0.5) is 0 Å². The maximum Gasteiger partial charge on any atom is 0.0587 e. The van der Waals surface area contributed by atoms with Gasteiger partial charge in [0.05, 0.1) is 6.61 Å². The minimum atomic E-state index is 0.720. The van der Waals surface area contributed by atoms with Gasteiger partial charge in [-0.2, -0.15) is 0 Å². The zero-order valence-electron chi connectivity index (χ0n) is 11.1. The van der Waals surface area contributed by atoms with Crippen LogP contribution in [-0.4, -0.2) is 26.8 Å². The number of rotatable bonds is 5. The lowest BCUT2D eigenvalue weighted by molar-refractivity contribution is 0.143. The predicted molar refractivity (Wildman–Crippen MR) is 67.5 cm³/mol. The molecule has 0 aromatic carbocycles. The van der Waals surface area contributed by atoms with Gasteiger partial charge in [-0.3, -0.25) is 0 Å². The monoisotopic (exact) mass is 225 g/mol. The fourth-order valence-corrected chi connectivity index (χ4v) is 3.79. The van der Waals surface area contributed by atoms with Crippen LogP contribution in [0.2, 0.25) is 0 Å². The number of methoxy groups -OCH3 is 1. The molecule has 2 nitrogen and oxygen atoms in total. The van der Waals surface area contributed by atoms with Crippen LogP contribution in [0.5, 0.6) is 0 Å². The Morgan fingerprint density at radius 3 is 2.94 bits per heavy atom. The van der Waals surface area contributed by atoms with Crippen molar-refractivity contribution in [3.05, 3.63) is 0 Å². The highest BCUT2D eigenvalue weighted by atomic mass is 16.5. The van der Waals surface area contributed by atoms with Crippen LogP contribution in [0.1, 0.15) is 39.5 Å². The van der Waals surface area contributed by atoms with Gasteiger partial charge < -0.3 is 10.1 Å². The second kappa shape index (κ2) is 5.05. The summed E-state index contributed by atoms with van der Waals surface area (Å²) in [5.41, 5.74) is 0.720. The fraction of sp³-hybridized carbons (Fsp3) is 1.00. The third-order valence-electron chi connectivity index (χ3n) is 5.22. The van der Waals surface area contributed by atoms with Gasteiger partial charge in [0, 0.05) is 13.7 Å². The van der Waals surface area contributed by atoms with Gasteiger partial charge in [-0.25, -0.2) is 0 Å². The molecule has 0 aromatic heterocycles. The van der Waals surface area contributed by atoms with E-state index in [0.29, 0.717) is 0 Å². The topological polar surface area (TPSA) is 21.3 Å². The molecule has 4 unspecified atom stereocenters. The first-order chi connectivity index (χ1) is 7.70. The Bertz CT molecular complexity index is 231. The summed E-state index contributed by atoms with van der Waals surface area (Å²) in [6, 6.07) is 0. The minimum Gasteiger partial charge on any atom is -0.383 e. The molecule has 2 aliphatic rings. The van der Waals surface area contributed by atoms with Gasteiger partial charge in [0.1, 0.15) is 0 Å². The fourth-order valence-electron chi connectivity index (χ4n) is 3.79. The number of hydrogen-bond donors (Lipinski definition) is 1. The summed E-state index contributed by atoms with van der Waals surface area (Å²) in [6.07, 6.45) is 5.86. The molecule has 2 heteroatoms. The first kappa shape index (κ1) is 12.4. The molecule has 0 bridgehead atoms. The highest BCUT2D eigenvalue weighted by Crippen LogP contribution is 2.64. The van der Waals surface area contributed by atoms with Gasteiger partial charge in [0.25, 0.3) is 0 Å². The van der Waals surface area contributed by atoms with E-state index in [1.165, 1.54) is 32.2 Å². The molecule has 16 heavy (non-hydrogen) atoms. The van der Waals surface area contributed by atoms with Crippen molar-refractivity contribution in [3.63, 3.8) is 0 Å². The predicted octanol–water partition coefficient (Wildman–Crippen LogP) is 2.68. The summed E-state index contributed by atoms with van der Waals surface area (Å²) in [7, 11) is 1.77. The summed E-state index contributed by atoms with van der Waals surface area (Å²) in [4.78, 5) is 0. The molecule has 2 rings (SSSR count). The summed E-state index contributed by atoms with van der Waals surface area (Å²) in [6.45, 7) is 7.98. The second-order valence-corrected chi connectivity index (χ2v) is 5.99. The first-order valence-electron chi connectivity index (χ1n) is 6.90. The summed E-state index contributed by atoms with van der Waals surface area (Å²) in [5, 5.41) is 3.53. The van der Waals surface area contributed by atoms with Crippen molar-refractivity contribution in [2.24, 2.45) is 23.2 Å². The average Bonchev–Trinajstić information content (AvgIpc) is 2.96. The van der Waals surface area contributed by atoms with Crippen molar-refractivity contribution in [2.75, 3.05) is 26.8 Å². The summed E-state index contributed by atoms with van der Waals surface area (Å²) >= 11 is 0. The van der Waals surface area contributed by atoms with Gasteiger partial charge in [-0.1, -0.05) is 26.7 Å². The van der Waals surface area contributed by atoms with Crippen LogP contribution in [0.25, 0.3) is 0 Å². The Morgan fingerprint density at radius 2 is 2.19 bits per heavy atom. The molecule has 94 valence electrons. The van der Waals surface area contributed by atoms with E-state index in [4.69, 9.17) is 4.74 Å². The lowest BCUT2D eigenvalue weighted by Gasteiger charge is -2.35. The molecule has 0 heterocycles. The van der Waals surface area contributed by atoms with Crippen molar-refractivity contribution in [3.8, 4) is 0 Å². The quantitative estimate of drug-likeness (QED) is 0.726. The Balaban J connectivity index is 1.75. The molecule has 0 radical (unpaired) electrons. The van der Waals surface area contributed by atoms with E-state index in [0.717, 1.165) is 36.3 Å².